The van der Waals surface area contributed by atoms with E-state index in [9.17, 15) is 9.90 Å². The molecule has 0 radical (unpaired) electrons. The zero-order chi connectivity index (χ0) is 16.9. The summed E-state index contributed by atoms with van der Waals surface area (Å²) in [7, 11) is 0. The number of aliphatic hydroxyl groups is 1. The van der Waals surface area contributed by atoms with Gasteiger partial charge >= 0.3 is 0 Å². The fourth-order valence-electron chi connectivity index (χ4n) is 3.03. The summed E-state index contributed by atoms with van der Waals surface area (Å²) in [5.41, 5.74) is 1.94. The lowest BCUT2D eigenvalue weighted by atomic mass is 9.98. The topological polar surface area (TPSA) is 52.6 Å². The van der Waals surface area contributed by atoms with Crippen molar-refractivity contribution in [3.8, 4) is 0 Å². The van der Waals surface area contributed by atoms with Gasteiger partial charge in [-0.25, -0.2) is 0 Å². The van der Waals surface area contributed by atoms with E-state index >= 15 is 0 Å². The van der Waals surface area contributed by atoms with Crippen LogP contribution in [0.25, 0.3) is 0 Å². The lowest BCUT2D eigenvalue weighted by Crippen LogP contribution is -2.32. The van der Waals surface area contributed by atoms with Crippen LogP contribution < -0.4 is 5.32 Å². The van der Waals surface area contributed by atoms with E-state index in [1.54, 1.807) is 0 Å². The lowest BCUT2D eigenvalue weighted by molar-refractivity contribution is -0.124. The third-order valence-corrected chi connectivity index (χ3v) is 4.45. The van der Waals surface area contributed by atoms with Gasteiger partial charge in [-0.15, -0.1) is 0 Å². The first kappa shape index (κ1) is 18.0. The molecule has 0 unspecified atom stereocenters. The Hall–Kier alpha value is -1.39. The molecule has 1 amide bonds. The molecule has 1 aromatic carbocycles. The van der Waals surface area contributed by atoms with Gasteiger partial charge in [-0.3, -0.25) is 9.69 Å². The molecule has 0 aromatic heterocycles. The number of aryl methyl sites for hydroxylation is 1. The maximum Gasteiger partial charge on any atom is 0.224 e. The first-order valence-electron chi connectivity index (χ1n) is 8.67. The molecule has 0 aliphatic carbocycles. The average Bonchev–Trinajstić information content (AvgIpc) is 2.95. The highest BCUT2D eigenvalue weighted by molar-refractivity contribution is 5.79. The minimum absolute atomic E-state index is 0.140. The molecule has 1 aliphatic rings. The minimum atomic E-state index is -0.609. The van der Waals surface area contributed by atoms with E-state index in [0.717, 1.165) is 38.9 Å². The molecule has 0 bridgehead atoms. The summed E-state index contributed by atoms with van der Waals surface area (Å²) in [5.74, 6) is 0.331. The molecule has 0 spiro atoms. The van der Waals surface area contributed by atoms with Crippen LogP contribution in [0.2, 0.25) is 0 Å². The Labute approximate surface area is 139 Å². The molecule has 1 aliphatic heterocycles. The second-order valence-corrected chi connectivity index (χ2v) is 7.24. The molecule has 1 saturated heterocycles. The van der Waals surface area contributed by atoms with Crippen LogP contribution in [-0.2, 0) is 17.8 Å². The van der Waals surface area contributed by atoms with Gasteiger partial charge in [0.2, 0.25) is 5.91 Å². The zero-order valence-electron chi connectivity index (χ0n) is 14.6. The molecule has 23 heavy (non-hydrogen) atoms. The van der Waals surface area contributed by atoms with Crippen molar-refractivity contribution >= 4 is 5.91 Å². The number of amides is 1. The van der Waals surface area contributed by atoms with Crippen LogP contribution in [0.3, 0.4) is 0 Å². The highest BCUT2D eigenvalue weighted by Gasteiger charge is 2.27. The molecule has 0 saturated carbocycles. The molecule has 1 atom stereocenters. The fourth-order valence-corrected chi connectivity index (χ4v) is 3.03. The van der Waals surface area contributed by atoms with Crippen molar-refractivity contribution in [3.05, 3.63) is 35.4 Å². The average molecular weight is 318 g/mol. The normalized spacial score (nSPS) is 19.0. The number of nitrogens with one attached hydrogen (secondary N) is 1. The van der Waals surface area contributed by atoms with Crippen molar-refractivity contribution in [2.75, 3.05) is 19.6 Å². The minimum Gasteiger partial charge on any atom is -0.390 e. The molecular formula is C19H30N2O2. The summed E-state index contributed by atoms with van der Waals surface area (Å²) >= 11 is 0. The van der Waals surface area contributed by atoms with Crippen LogP contribution in [0.4, 0.5) is 0 Å². The van der Waals surface area contributed by atoms with Crippen molar-refractivity contribution in [3.63, 3.8) is 0 Å². The second-order valence-electron chi connectivity index (χ2n) is 7.24. The number of hydrogen-bond acceptors (Lipinski definition) is 3. The highest BCUT2D eigenvalue weighted by atomic mass is 16.3. The van der Waals surface area contributed by atoms with E-state index in [2.05, 4.69) is 34.5 Å². The molecule has 4 heteroatoms. The van der Waals surface area contributed by atoms with Crippen molar-refractivity contribution < 1.29 is 9.90 Å². The summed E-state index contributed by atoms with van der Waals surface area (Å²) in [6, 6.07) is 8.63. The van der Waals surface area contributed by atoms with E-state index in [1.807, 2.05) is 20.8 Å². The van der Waals surface area contributed by atoms with Gasteiger partial charge in [0.15, 0.2) is 0 Å². The van der Waals surface area contributed by atoms with Crippen molar-refractivity contribution in [1.82, 2.24) is 10.2 Å². The van der Waals surface area contributed by atoms with Gasteiger partial charge in [0.1, 0.15) is 0 Å². The standard InChI is InChI=1S/C19H30N2O2/c1-4-20-18(22)17-10-12-21(14-17)13-16-7-5-15(6-8-16)9-11-19(2,3)23/h5-8,17,23H,4,9-14H2,1-3H3,(H,20,22)/t17-/m1/s1. The largest absolute Gasteiger partial charge is 0.390 e. The zero-order valence-corrected chi connectivity index (χ0v) is 14.6. The maximum atomic E-state index is 11.9. The summed E-state index contributed by atoms with van der Waals surface area (Å²) in [6.45, 7) is 9.11. The molecule has 2 N–H and O–H groups in total. The van der Waals surface area contributed by atoms with E-state index in [1.165, 1.54) is 11.1 Å². The van der Waals surface area contributed by atoms with Crippen molar-refractivity contribution in [1.29, 1.82) is 0 Å². The molecule has 4 nitrogen and oxygen atoms in total. The van der Waals surface area contributed by atoms with Gasteiger partial charge in [0, 0.05) is 19.6 Å². The van der Waals surface area contributed by atoms with Crippen LogP contribution in [0.1, 0.15) is 44.7 Å². The summed E-state index contributed by atoms with van der Waals surface area (Å²) in [4.78, 5) is 14.2. The lowest BCUT2D eigenvalue weighted by Gasteiger charge is -2.18. The molecular weight excluding hydrogens is 288 g/mol. The van der Waals surface area contributed by atoms with Crippen LogP contribution >= 0.6 is 0 Å². The molecule has 1 aromatic rings. The third kappa shape index (κ3) is 5.96. The number of likely N-dealkylation sites (tertiary alicyclic amines) is 1. The number of benzene rings is 1. The maximum absolute atomic E-state index is 11.9. The summed E-state index contributed by atoms with van der Waals surface area (Å²) in [5, 5.41) is 12.7. The van der Waals surface area contributed by atoms with Gasteiger partial charge in [-0.05, 0) is 57.7 Å². The Morgan fingerprint density at radius 1 is 1.30 bits per heavy atom. The third-order valence-electron chi connectivity index (χ3n) is 4.45. The molecule has 1 heterocycles. The number of carbonyl (C=O) groups is 1. The first-order chi connectivity index (χ1) is 10.9. The van der Waals surface area contributed by atoms with Crippen LogP contribution in [-0.4, -0.2) is 41.1 Å². The Bertz CT molecular complexity index is 505. The Morgan fingerprint density at radius 2 is 1.96 bits per heavy atom. The van der Waals surface area contributed by atoms with Gasteiger partial charge < -0.3 is 10.4 Å². The monoisotopic (exact) mass is 318 g/mol. The number of nitrogens with zero attached hydrogens (tertiary/aromatic N) is 1. The van der Waals surface area contributed by atoms with Crippen LogP contribution in [0, 0.1) is 5.92 Å². The van der Waals surface area contributed by atoms with E-state index < -0.39 is 5.60 Å². The summed E-state index contributed by atoms with van der Waals surface area (Å²) < 4.78 is 0. The fraction of sp³-hybridized carbons (Fsp3) is 0.632. The van der Waals surface area contributed by atoms with Gasteiger partial charge in [0.25, 0.3) is 0 Å². The van der Waals surface area contributed by atoms with Crippen molar-refractivity contribution in [2.45, 2.75) is 52.2 Å². The van der Waals surface area contributed by atoms with E-state index in [0.29, 0.717) is 6.54 Å². The highest BCUT2D eigenvalue weighted by Crippen LogP contribution is 2.20. The van der Waals surface area contributed by atoms with E-state index in [4.69, 9.17) is 0 Å². The summed E-state index contributed by atoms with van der Waals surface area (Å²) in [6.07, 6.45) is 2.62. The number of hydrogen-bond donors (Lipinski definition) is 2. The van der Waals surface area contributed by atoms with Crippen LogP contribution in [0.15, 0.2) is 24.3 Å². The number of carbonyl (C=O) groups excluding carboxylic acids is 1. The quantitative estimate of drug-likeness (QED) is 0.811. The number of rotatable bonds is 7. The SMILES string of the molecule is CCNC(=O)[C@@H]1CCN(Cc2ccc(CCC(C)(C)O)cc2)C1. The van der Waals surface area contributed by atoms with Gasteiger partial charge in [-0.2, -0.15) is 0 Å². The van der Waals surface area contributed by atoms with Gasteiger partial charge in [0.05, 0.1) is 11.5 Å². The van der Waals surface area contributed by atoms with Crippen molar-refractivity contribution in [2.24, 2.45) is 5.92 Å². The van der Waals surface area contributed by atoms with Gasteiger partial charge in [-0.1, -0.05) is 24.3 Å². The van der Waals surface area contributed by atoms with Crippen LogP contribution in [0.5, 0.6) is 0 Å². The van der Waals surface area contributed by atoms with E-state index in [-0.39, 0.29) is 11.8 Å². The molecule has 1 fully saturated rings. The Kier molecular flexibility index (Phi) is 6.19. The Morgan fingerprint density at radius 3 is 2.57 bits per heavy atom. The predicted molar refractivity (Wildman–Crippen MR) is 93.1 cm³/mol. The second kappa shape index (κ2) is 7.93. The Balaban J connectivity index is 1.81. The first-order valence-corrected chi connectivity index (χ1v) is 8.67. The smallest absolute Gasteiger partial charge is 0.224 e. The molecule has 128 valence electrons. The molecule has 2 rings (SSSR count). The predicted octanol–water partition coefficient (Wildman–Crippen LogP) is 2.35.